The maximum Gasteiger partial charge on any atom is 0.252 e. The van der Waals surface area contributed by atoms with Crippen molar-refractivity contribution in [2.24, 2.45) is 0 Å². The van der Waals surface area contributed by atoms with E-state index in [2.05, 4.69) is 212 Å². The maximum atomic E-state index is 2.76. The van der Waals surface area contributed by atoms with Crippen LogP contribution in [-0.4, -0.2) is 6.71 Å². The van der Waals surface area contributed by atoms with E-state index in [-0.39, 0.29) is 44.6 Å². The van der Waals surface area contributed by atoms with Gasteiger partial charge in [-0.05, 0) is 193 Å². The summed E-state index contributed by atoms with van der Waals surface area (Å²) in [6.45, 7) is 39.5. The molecule has 3 heterocycles. The van der Waals surface area contributed by atoms with Crippen LogP contribution in [0.5, 0.6) is 0 Å². The second-order valence-corrected chi connectivity index (χ2v) is 28.5. The summed E-state index contributed by atoms with van der Waals surface area (Å²) in [5.74, 6) is 0. The van der Waals surface area contributed by atoms with Crippen LogP contribution in [0.25, 0.3) is 20.2 Å². The minimum absolute atomic E-state index is 0.0208. The summed E-state index contributed by atoms with van der Waals surface area (Å²) in [4.78, 5) is 5.49. The van der Waals surface area contributed by atoms with Crippen molar-refractivity contribution in [2.75, 3.05) is 9.80 Å². The topological polar surface area (TPSA) is 6.48 Å². The SMILES string of the molecule is Cc1cc2c3c(c1)N(c1ccc(C(C)(C)C)c4c1sc1ccccc14)c1cc4c(cc1B3c1cc3c(cc1N2c1ccc2c(c1)C(C)(C)CCC2(C)C)C(C)(C)CCC3(C)C)C(C)(C)CCC4(C)C. The van der Waals surface area contributed by atoms with Gasteiger partial charge < -0.3 is 9.80 Å². The molecule has 0 unspecified atom stereocenters. The van der Waals surface area contributed by atoms with Gasteiger partial charge in [0.15, 0.2) is 0 Å². The normalized spacial score (nSPS) is 20.7. The van der Waals surface area contributed by atoms with E-state index in [1.807, 2.05) is 11.3 Å². The predicted molar refractivity (Wildman–Crippen MR) is 303 cm³/mol. The van der Waals surface area contributed by atoms with Gasteiger partial charge in [0, 0.05) is 43.9 Å². The molecule has 0 atom stereocenters. The van der Waals surface area contributed by atoms with Crippen LogP contribution in [0.3, 0.4) is 0 Å². The zero-order valence-corrected chi connectivity index (χ0v) is 45.6. The third-order valence-corrected chi connectivity index (χ3v) is 20.0. The number of hydrogen-bond acceptors (Lipinski definition) is 3. The van der Waals surface area contributed by atoms with Crippen LogP contribution in [0.2, 0.25) is 0 Å². The Morgan fingerprint density at radius 2 is 0.928 bits per heavy atom. The predicted octanol–water partition coefficient (Wildman–Crippen LogP) is 16.8. The van der Waals surface area contributed by atoms with Gasteiger partial charge in [-0.3, -0.25) is 0 Å². The number of hydrogen-bond donors (Lipinski definition) is 0. The third kappa shape index (κ3) is 6.48. The monoisotopic (exact) mass is 927 g/mol. The van der Waals surface area contributed by atoms with E-state index in [4.69, 9.17) is 0 Å². The molecule has 6 aromatic carbocycles. The first-order valence-corrected chi connectivity index (χ1v) is 27.2. The minimum Gasteiger partial charge on any atom is -0.311 e. The van der Waals surface area contributed by atoms with Gasteiger partial charge in [-0.15, -0.1) is 11.3 Å². The van der Waals surface area contributed by atoms with Gasteiger partial charge in [-0.25, -0.2) is 0 Å². The Labute approximate surface area is 419 Å². The van der Waals surface area contributed by atoms with Crippen LogP contribution in [0.15, 0.2) is 91.0 Å². The van der Waals surface area contributed by atoms with E-state index in [0.717, 1.165) is 0 Å². The molecule has 4 heteroatoms. The maximum absolute atomic E-state index is 2.76. The first kappa shape index (κ1) is 45.4. The van der Waals surface area contributed by atoms with Crippen molar-refractivity contribution in [1.82, 2.24) is 0 Å². The first-order valence-electron chi connectivity index (χ1n) is 26.4. The number of nitrogens with zero attached hydrogens (tertiary/aromatic N) is 2. The van der Waals surface area contributed by atoms with Gasteiger partial charge in [0.25, 0.3) is 6.71 Å². The number of fused-ring (bicyclic) bond motifs is 10. The van der Waals surface area contributed by atoms with Crippen LogP contribution in [0, 0.1) is 6.92 Å². The molecule has 2 aliphatic heterocycles. The third-order valence-electron chi connectivity index (χ3n) is 18.8. The number of thiophene rings is 1. The van der Waals surface area contributed by atoms with E-state index >= 15 is 0 Å². The summed E-state index contributed by atoms with van der Waals surface area (Å²) >= 11 is 1.98. The van der Waals surface area contributed by atoms with Crippen molar-refractivity contribution >= 4 is 88.7 Å². The lowest BCUT2D eigenvalue weighted by Crippen LogP contribution is -2.62. The van der Waals surface area contributed by atoms with E-state index in [1.165, 1.54) is 154 Å². The summed E-state index contributed by atoms with van der Waals surface area (Å²) in [6, 6.07) is 37.7. The molecule has 12 rings (SSSR count). The Morgan fingerprint density at radius 3 is 1.46 bits per heavy atom. The molecule has 0 amide bonds. The summed E-state index contributed by atoms with van der Waals surface area (Å²) in [5.41, 5.74) is 24.6. The second kappa shape index (κ2) is 14.2. The van der Waals surface area contributed by atoms with Crippen molar-refractivity contribution in [3.63, 3.8) is 0 Å². The highest BCUT2D eigenvalue weighted by Gasteiger charge is 2.49. The molecule has 0 N–H and O–H groups in total. The molecule has 5 aliphatic rings. The average molecular weight is 927 g/mol. The Morgan fingerprint density at radius 1 is 0.464 bits per heavy atom. The van der Waals surface area contributed by atoms with Gasteiger partial charge >= 0.3 is 0 Å². The highest BCUT2D eigenvalue weighted by Crippen LogP contribution is 2.56. The lowest BCUT2D eigenvalue weighted by Gasteiger charge is -2.49. The van der Waals surface area contributed by atoms with E-state index in [0.29, 0.717) is 0 Å². The molecule has 0 saturated carbocycles. The Bertz CT molecular complexity index is 3360. The van der Waals surface area contributed by atoms with Crippen LogP contribution < -0.4 is 26.2 Å². The number of rotatable bonds is 2. The van der Waals surface area contributed by atoms with Crippen molar-refractivity contribution < 1.29 is 0 Å². The molecule has 69 heavy (non-hydrogen) atoms. The molecule has 3 aliphatic carbocycles. The Balaban J connectivity index is 1.24. The molecule has 0 radical (unpaired) electrons. The zero-order valence-electron chi connectivity index (χ0n) is 44.8. The molecule has 0 saturated heterocycles. The average Bonchev–Trinajstić information content (AvgIpc) is 3.67. The van der Waals surface area contributed by atoms with Crippen LogP contribution in [-0.2, 0) is 37.9 Å². The summed E-state index contributed by atoms with van der Waals surface area (Å²) in [6.07, 6.45) is 7.14. The first-order chi connectivity index (χ1) is 32.2. The standard InChI is InChI=1S/C65H75BN2S/c1-38-31-53-57-54(32-38)68(50-24-23-42(59(2,3)4)56-40-19-17-18-20-55(40)69-58(50)56)52-37-47-45(63(11,12)28-30-65(47,15)16)35-49(52)66(57)48-34-44-46(64(13,14)29-27-62(44,9)10)36-51(48)67(53)39-21-22-41-43(33-39)61(7,8)26-25-60(41,5)6/h17-24,31-37H,25-30H2,1-16H3. The number of aryl methyl sites for hydroxylation is 1. The minimum atomic E-state index is -0.0208. The van der Waals surface area contributed by atoms with Crippen LogP contribution in [0.1, 0.15) is 187 Å². The lowest BCUT2D eigenvalue weighted by molar-refractivity contribution is 0.332. The fraction of sp³-hybridized carbons (Fsp3) is 0.446. The molecular weight excluding hydrogens is 852 g/mol. The van der Waals surface area contributed by atoms with Crippen molar-refractivity contribution in [2.45, 2.75) is 187 Å². The molecular formula is C65H75BN2S. The van der Waals surface area contributed by atoms with Gasteiger partial charge in [-0.1, -0.05) is 146 Å². The fourth-order valence-corrected chi connectivity index (χ4v) is 15.4. The summed E-state index contributed by atoms with van der Waals surface area (Å²) < 4.78 is 2.74. The Kier molecular flexibility index (Phi) is 9.34. The summed E-state index contributed by atoms with van der Waals surface area (Å²) in [7, 11) is 0. The molecule has 1 aromatic heterocycles. The molecule has 0 spiro atoms. The Hall–Kier alpha value is -4.80. The molecule has 354 valence electrons. The van der Waals surface area contributed by atoms with Gasteiger partial charge in [0.2, 0.25) is 0 Å². The fourth-order valence-electron chi connectivity index (χ4n) is 14.1. The zero-order chi connectivity index (χ0) is 48.9. The van der Waals surface area contributed by atoms with Gasteiger partial charge in [0.1, 0.15) is 0 Å². The molecule has 0 fully saturated rings. The van der Waals surface area contributed by atoms with Crippen LogP contribution >= 0.6 is 11.3 Å². The van der Waals surface area contributed by atoms with Crippen LogP contribution in [0.4, 0.5) is 34.1 Å². The largest absolute Gasteiger partial charge is 0.311 e. The molecule has 0 bridgehead atoms. The second-order valence-electron chi connectivity index (χ2n) is 27.5. The number of anilines is 6. The van der Waals surface area contributed by atoms with Gasteiger partial charge in [-0.2, -0.15) is 0 Å². The lowest BCUT2D eigenvalue weighted by atomic mass is 9.32. The quantitative estimate of drug-likeness (QED) is 0.159. The molecule has 7 aromatic rings. The highest BCUT2D eigenvalue weighted by atomic mass is 32.1. The van der Waals surface area contributed by atoms with Gasteiger partial charge in [0.05, 0.1) is 10.4 Å². The van der Waals surface area contributed by atoms with E-state index in [1.54, 1.807) is 0 Å². The molecule has 2 nitrogen and oxygen atoms in total. The number of benzene rings is 6. The van der Waals surface area contributed by atoms with Crippen molar-refractivity contribution in [3.8, 4) is 0 Å². The van der Waals surface area contributed by atoms with Crippen molar-refractivity contribution in [1.29, 1.82) is 0 Å². The van der Waals surface area contributed by atoms with E-state index in [9.17, 15) is 0 Å². The van der Waals surface area contributed by atoms with Crippen molar-refractivity contribution in [3.05, 3.63) is 136 Å². The summed E-state index contributed by atoms with van der Waals surface area (Å²) in [5, 5.41) is 2.78. The smallest absolute Gasteiger partial charge is 0.252 e. The van der Waals surface area contributed by atoms with E-state index < -0.39 is 0 Å². The highest BCUT2D eigenvalue weighted by molar-refractivity contribution is 7.26.